The Kier molecular flexibility index (Phi) is 7.65. The molecule has 0 saturated carbocycles. The van der Waals surface area contributed by atoms with Crippen LogP contribution in [0.4, 0.5) is 30.4 Å². The van der Waals surface area contributed by atoms with Crippen LogP contribution in [0.2, 0.25) is 5.02 Å². The van der Waals surface area contributed by atoms with Crippen LogP contribution in [-0.4, -0.2) is 21.2 Å². The fourth-order valence-electron chi connectivity index (χ4n) is 3.34. The lowest BCUT2D eigenvalue weighted by Gasteiger charge is -2.11. The molecule has 0 fully saturated rings. The maximum absolute atomic E-state index is 13.1. The lowest BCUT2D eigenvalue weighted by atomic mass is 10.1. The van der Waals surface area contributed by atoms with Crippen LogP contribution < -0.4 is 16.0 Å². The summed E-state index contributed by atoms with van der Waals surface area (Å²) in [6.45, 7) is 3.83. The van der Waals surface area contributed by atoms with E-state index in [0.29, 0.717) is 33.0 Å². The fourth-order valence-corrected chi connectivity index (χ4v) is 4.31. The summed E-state index contributed by atoms with van der Waals surface area (Å²) in [5.41, 5.74) is 1.49. The van der Waals surface area contributed by atoms with E-state index in [9.17, 15) is 22.8 Å². The normalized spacial score (nSPS) is 11.5. The lowest BCUT2D eigenvalue weighted by molar-refractivity contribution is -0.137. The largest absolute Gasteiger partial charge is 0.416 e. The Hall–Kier alpha value is -3.70. The Morgan fingerprint density at radius 1 is 1.08 bits per heavy atom. The molecule has 12 heteroatoms. The van der Waals surface area contributed by atoms with E-state index in [1.165, 1.54) is 18.3 Å². The maximum atomic E-state index is 13.1. The topological polar surface area (TPSA) is 96.0 Å². The summed E-state index contributed by atoms with van der Waals surface area (Å²) in [7, 11) is 0. The minimum atomic E-state index is -4.43. The van der Waals surface area contributed by atoms with Crippen molar-refractivity contribution in [3.63, 3.8) is 0 Å². The van der Waals surface area contributed by atoms with Gasteiger partial charge in [-0.05, 0) is 59.6 Å². The molecule has 4 aromatic rings. The van der Waals surface area contributed by atoms with E-state index in [0.717, 1.165) is 23.7 Å². The number of alkyl halides is 3. The number of nitrogens with one attached hydrogen (secondary N) is 3. The van der Waals surface area contributed by atoms with Crippen molar-refractivity contribution < 1.29 is 22.8 Å². The Morgan fingerprint density at radius 2 is 1.81 bits per heavy atom. The van der Waals surface area contributed by atoms with Gasteiger partial charge in [0.2, 0.25) is 5.91 Å². The molecule has 2 heterocycles. The second-order valence-electron chi connectivity index (χ2n) is 8.41. The van der Waals surface area contributed by atoms with Gasteiger partial charge in [0.05, 0.1) is 26.5 Å². The highest BCUT2D eigenvalue weighted by atomic mass is 35.5. The first-order valence-electron chi connectivity index (χ1n) is 11.1. The van der Waals surface area contributed by atoms with Crippen molar-refractivity contribution in [3.05, 3.63) is 76.4 Å². The second-order valence-corrected chi connectivity index (χ2v) is 9.59. The third-order valence-corrected chi connectivity index (χ3v) is 6.55. The minimum absolute atomic E-state index is 0.106. The van der Waals surface area contributed by atoms with E-state index in [2.05, 4.69) is 25.3 Å². The van der Waals surface area contributed by atoms with Gasteiger partial charge in [-0.25, -0.2) is 0 Å². The summed E-state index contributed by atoms with van der Waals surface area (Å²) in [5, 5.41) is 8.83. The molecule has 0 atom stereocenters. The quantitative estimate of drug-likeness (QED) is 0.241. The summed E-state index contributed by atoms with van der Waals surface area (Å²) in [6, 6.07) is 11.1. The average Bonchev–Trinajstić information content (AvgIpc) is 3.26. The van der Waals surface area contributed by atoms with Gasteiger partial charge in [0, 0.05) is 24.3 Å². The highest BCUT2D eigenvalue weighted by Gasteiger charge is 2.30. The van der Waals surface area contributed by atoms with Crippen molar-refractivity contribution in [2.75, 3.05) is 10.6 Å². The Morgan fingerprint density at radius 3 is 2.49 bits per heavy atom. The standard InChI is InChI=1S/C25H21ClF3N5O2S/c1-13(2)23(35)31-12-14-3-8-18(26)17(11-14)24(36)33-19-9-10-30-20-21(19)37-34-22(20)32-16-6-4-15(5-7-16)25(27,28)29/h3-11,13H,12H2,1-2H3,(H,31,35)(H,32,34)(H,30,33,36). The zero-order chi connectivity index (χ0) is 26.7. The summed E-state index contributed by atoms with van der Waals surface area (Å²) in [6.07, 6.45) is -2.94. The molecule has 192 valence electrons. The molecule has 0 aliphatic carbocycles. The molecule has 4 rings (SSSR count). The number of carbonyl (C=O) groups is 2. The summed E-state index contributed by atoms with van der Waals surface area (Å²) < 4.78 is 43.4. The average molecular weight is 548 g/mol. The molecule has 0 bridgehead atoms. The molecule has 0 radical (unpaired) electrons. The number of hydrogen-bond acceptors (Lipinski definition) is 6. The van der Waals surface area contributed by atoms with Crippen LogP contribution in [0.25, 0.3) is 10.2 Å². The van der Waals surface area contributed by atoms with Crippen molar-refractivity contribution in [1.82, 2.24) is 14.7 Å². The predicted molar refractivity (Wildman–Crippen MR) is 138 cm³/mol. The third kappa shape index (κ3) is 6.17. The number of amides is 2. The van der Waals surface area contributed by atoms with E-state index in [1.807, 2.05) is 0 Å². The van der Waals surface area contributed by atoms with Gasteiger partial charge < -0.3 is 16.0 Å². The number of fused-ring (bicyclic) bond motifs is 1. The molecule has 0 unspecified atom stereocenters. The molecule has 2 aromatic heterocycles. The number of pyridine rings is 1. The smallest absolute Gasteiger partial charge is 0.352 e. The molecule has 2 aromatic carbocycles. The van der Waals surface area contributed by atoms with E-state index in [-0.39, 0.29) is 29.0 Å². The van der Waals surface area contributed by atoms with Gasteiger partial charge >= 0.3 is 6.18 Å². The first-order valence-corrected chi connectivity index (χ1v) is 12.2. The van der Waals surface area contributed by atoms with Crippen LogP contribution in [0.3, 0.4) is 0 Å². The van der Waals surface area contributed by atoms with Crippen molar-refractivity contribution in [2.45, 2.75) is 26.6 Å². The molecule has 0 spiro atoms. The van der Waals surface area contributed by atoms with Gasteiger partial charge in [-0.3, -0.25) is 14.6 Å². The number of benzene rings is 2. The Bertz CT molecular complexity index is 1460. The van der Waals surface area contributed by atoms with Crippen LogP contribution in [0, 0.1) is 5.92 Å². The van der Waals surface area contributed by atoms with Gasteiger partial charge in [0.15, 0.2) is 5.82 Å². The number of anilines is 3. The zero-order valence-corrected chi connectivity index (χ0v) is 21.2. The van der Waals surface area contributed by atoms with Crippen molar-refractivity contribution in [1.29, 1.82) is 0 Å². The van der Waals surface area contributed by atoms with Crippen molar-refractivity contribution >= 4 is 62.4 Å². The number of rotatable bonds is 7. The highest BCUT2D eigenvalue weighted by molar-refractivity contribution is 7.14. The van der Waals surface area contributed by atoms with E-state index < -0.39 is 17.6 Å². The van der Waals surface area contributed by atoms with E-state index >= 15 is 0 Å². The van der Waals surface area contributed by atoms with E-state index in [1.54, 1.807) is 38.1 Å². The summed E-state index contributed by atoms with van der Waals surface area (Å²) in [5.74, 6) is -0.384. The van der Waals surface area contributed by atoms with Gasteiger partial charge in [0.25, 0.3) is 5.91 Å². The van der Waals surface area contributed by atoms with Crippen molar-refractivity contribution in [2.24, 2.45) is 5.92 Å². The zero-order valence-electron chi connectivity index (χ0n) is 19.6. The molecular formula is C25H21ClF3N5O2S. The number of aromatic nitrogens is 2. The number of nitrogens with zero attached hydrogens (tertiary/aromatic N) is 2. The molecule has 7 nitrogen and oxygen atoms in total. The third-order valence-electron chi connectivity index (χ3n) is 5.35. The van der Waals surface area contributed by atoms with Gasteiger partial charge in [-0.1, -0.05) is 31.5 Å². The van der Waals surface area contributed by atoms with Gasteiger partial charge in [-0.2, -0.15) is 17.5 Å². The predicted octanol–water partition coefficient (Wildman–Crippen LogP) is 6.63. The molecule has 3 N–H and O–H groups in total. The number of hydrogen-bond donors (Lipinski definition) is 3. The van der Waals surface area contributed by atoms with Crippen LogP contribution >= 0.6 is 23.1 Å². The number of carbonyl (C=O) groups excluding carboxylic acids is 2. The Labute approximate surface area is 219 Å². The highest BCUT2D eigenvalue weighted by Crippen LogP contribution is 2.34. The van der Waals surface area contributed by atoms with Gasteiger partial charge in [-0.15, -0.1) is 0 Å². The molecule has 37 heavy (non-hydrogen) atoms. The van der Waals surface area contributed by atoms with Crippen LogP contribution in [0.15, 0.2) is 54.7 Å². The maximum Gasteiger partial charge on any atom is 0.416 e. The number of halogens is 4. The SMILES string of the molecule is CC(C)C(=O)NCc1ccc(Cl)c(C(=O)Nc2ccnc3c(Nc4ccc(C(F)(F)F)cc4)nsc23)c1. The van der Waals surface area contributed by atoms with Gasteiger partial charge in [0.1, 0.15) is 5.52 Å². The minimum Gasteiger partial charge on any atom is -0.352 e. The first kappa shape index (κ1) is 26.4. The van der Waals surface area contributed by atoms with Crippen molar-refractivity contribution in [3.8, 4) is 0 Å². The second kappa shape index (κ2) is 10.7. The lowest BCUT2D eigenvalue weighted by Crippen LogP contribution is -2.27. The molecule has 0 aliphatic rings. The Balaban J connectivity index is 1.52. The van der Waals surface area contributed by atoms with Crippen LogP contribution in [-0.2, 0) is 17.5 Å². The van der Waals surface area contributed by atoms with E-state index in [4.69, 9.17) is 11.6 Å². The summed E-state index contributed by atoms with van der Waals surface area (Å²) in [4.78, 5) is 29.2. The monoisotopic (exact) mass is 547 g/mol. The molecule has 0 saturated heterocycles. The molecular weight excluding hydrogens is 527 g/mol. The van der Waals surface area contributed by atoms with Crippen LogP contribution in [0.1, 0.15) is 35.3 Å². The van der Waals surface area contributed by atoms with Crippen LogP contribution in [0.5, 0.6) is 0 Å². The molecule has 2 amide bonds. The fraction of sp³-hybridized carbons (Fsp3) is 0.200. The summed E-state index contributed by atoms with van der Waals surface area (Å²) >= 11 is 7.35. The first-order chi connectivity index (χ1) is 17.5. The molecule has 0 aliphatic heterocycles.